The first-order chi connectivity index (χ1) is 6.56. The van der Waals surface area contributed by atoms with Crippen molar-refractivity contribution in [3.63, 3.8) is 0 Å². The molecule has 1 unspecified atom stereocenters. The number of hydrogen-bond donors (Lipinski definition) is 1. The molecule has 0 aromatic heterocycles. The number of aryl methyl sites for hydroxylation is 1. The van der Waals surface area contributed by atoms with E-state index in [-0.39, 0.29) is 17.5 Å². The van der Waals surface area contributed by atoms with Gasteiger partial charge in [-0.2, -0.15) is 5.26 Å². The van der Waals surface area contributed by atoms with Crippen LogP contribution in [0, 0.1) is 29.9 Å². The Labute approximate surface area is 80.4 Å². The van der Waals surface area contributed by atoms with Crippen molar-refractivity contribution in [1.82, 2.24) is 0 Å². The molecule has 0 saturated carbocycles. The van der Waals surface area contributed by atoms with Crippen LogP contribution in [-0.4, -0.2) is 5.11 Å². The van der Waals surface area contributed by atoms with Gasteiger partial charge in [-0.05, 0) is 24.6 Å². The van der Waals surface area contributed by atoms with Crippen LogP contribution < -0.4 is 0 Å². The van der Waals surface area contributed by atoms with Gasteiger partial charge in [-0.15, -0.1) is 0 Å². The molecule has 0 heterocycles. The van der Waals surface area contributed by atoms with Crippen molar-refractivity contribution in [3.05, 3.63) is 34.9 Å². The summed E-state index contributed by atoms with van der Waals surface area (Å²) in [7, 11) is 0. The lowest BCUT2D eigenvalue weighted by atomic mass is 10.0. The summed E-state index contributed by atoms with van der Waals surface area (Å²) in [5.74, 6) is -1.27. The highest BCUT2D eigenvalue weighted by Gasteiger charge is 2.14. The molecule has 4 heteroatoms. The van der Waals surface area contributed by atoms with E-state index in [9.17, 15) is 13.9 Å². The number of halogens is 2. The summed E-state index contributed by atoms with van der Waals surface area (Å²) in [6.45, 7) is 1.43. The van der Waals surface area contributed by atoms with E-state index in [0.717, 1.165) is 12.1 Å². The Kier molecular flexibility index (Phi) is 3.15. The topological polar surface area (TPSA) is 44.0 Å². The normalized spacial score (nSPS) is 12.2. The van der Waals surface area contributed by atoms with Gasteiger partial charge in [0.15, 0.2) is 0 Å². The molecule has 1 aromatic carbocycles. The van der Waals surface area contributed by atoms with E-state index in [1.165, 1.54) is 6.92 Å². The number of rotatable bonds is 2. The van der Waals surface area contributed by atoms with Crippen LogP contribution in [0.2, 0.25) is 0 Å². The van der Waals surface area contributed by atoms with E-state index >= 15 is 0 Å². The molecule has 1 N–H and O–H groups in total. The fourth-order valence-corrected chi connectivity index (χ4v) is 1.11. The number of aliphatic hydroxyl groups is 1. The molecule has 14 heavy (non-hydrogen) atoms. The van der Waals surface area contributed by atoms with Gasteiger partial charge in [0.05, 0.1) is 18.6 Å². The number of hydrogen-bond acceptors (Lipinski definition) is 2. The summed E-state index contributed by atoms with van der Waals surface area (Å²) >= 11 is 0. The maximum atomic E-state index is 13.2. The third kappa shape index (κ3) is 2.06. The molecule has 0 aliphatic carbocycles. The number of benzene rings is 1. The van der Waals surface area contributed by atoms with Crippen molar-refractivity contribution in [2.24, 2.45) is 0 Å². The molecule has 0 fully saturated rings. The zero-order valence-corrected chi connectivity index (χ0v) is 7.59. The highest BCUT2D eigenvalue weighted by molar-refractivity contribution is 5.27. The van der Waals surface area contributed by atoms with Gasteiger partial charge in [-0.3, -0.25) is 0 Å². The molecule has 0 bridgehead atoms. The Balaban J connectivity index is 3.10. The largest absolute Gasteiger partial charge is 0.387 e. The second-order valence-electron chi connectivity index (χ2n) is 3.00. The van der Waals surface area contributed by atoms with Crippen LogP contribution in [0.3, 0.4) is 0 Å². The van der Waals surface area contributed by atoms with E-state index < -0.39 is 17.7 Å². The van der Waals surface area contributed by atoms with Crippen LogP contribution in [0.4, 0.5) is 8.78 Å². The molecule has 0 saturated heterocycles. The molecule has 1 atom stereocenters. The van der Waals surface area contributed by atoms with Crippen molar-refractivity contribution in [3.8, 4) is 6.07 Å². The molecule has 0 spiro atoms. The van der Waals surface area contributed by atoms with Crippen LogP contribution in [0.25, 0.3) is 0 Å². The fourth-order valence-electron chi connectivity index (χ4n) is 1.11. The third-order valence-corrected chi connectivity index (χ3v) is 1.92. The van der Waals surface area contributed by atoms with Gasteiger partial charge in [0, 0.05) is 5.56 Å². The van der Waals surface area contributed by atoms with Crippen LogP contribution in [0.15, 0.2) is 12.1 Å². The predicted molar refractivity (Wildman–Crippen MR) is 46.3 cm³/mol. The number of nitrogens with zero attached hydrogens (tertiary/aromatic N) is 1. The Bertz CT molecular complexity index is 384. The standard InChI is InChI=1S/C10H9F2NO/c1-6-4-9(12)7(5-8(6)11)10(14)2-3-13/h4-5,10,14H,2H2,1H3. The lowest BCUT2D eigenvalue weighted by Gasteiger charge is -2.09. The Morgan fingerprint density at radius 2 is 2.07 bits per heavy atom. The smallest absolute Gasteiger partial charge is 0.129 e. The summed E-state index contributed by atoms with van der Waals surface area (Å²) in [5.41, 5.74) is 0.00468. The molecule has 0 aliphatic rings. The molecule has 1 aromatic rings. The third-order valence-electron chi connectivity index (χ3n) is 1.92. The van der Waals surface area contributed by atoms with Crippen molar-refractivity contribution in [2.75, 3.05) is 0 Å². The summed E-state index contributed by atoms with van der Waals surface area (Å²) in [6, 6.07) is 3.62. The van der Waals surface area contributed by atoms with Crippen LogP contribution >= 0.6 is 0 Å². The first-order valence-corrected chi connectivity index (χ1v) is 4.06. The second-order valence-corrected chi connectivity index (χ2v) is 3.00. The Morgan fingerprint density at radius 3 is 2.64 bits per heavy atom. The first kappa shape index (κ1) is 10.6. The highest BCUT2D eigenvalue weighted by Crippen LogP contribution is 2.22. The van der Waals surface area contributed by atoms with Gasteiger partial charge in [0.1, 0.15) is 11.6 Å². The minimum absolute atomic E-state index is 0.172. The Hall–Kier alpha value is -1.47. The maximum absolute atomic E-state index is 13.2. The van der Waals surface area contributed by atoms with E-state index in [4.69, 9.17) is 5.26 Å². The zero-order chi connectivity index (χ0) is 10.7. The van der Waals surface area contributed by atoms with Crippen molar-refractivity contribution >= 4 is 0 Å². The lowest BCUT2D eigenvalue weighted by molar-refractivity contribution is 0.178. The van der Waals surface area contributed by atoms with Crippen LogP contribution in [0.1, 0.15) is 23.7 Å². The molecule has 2 nitrogen and oxygen atoms in total. The van der Waals surface area contributed by atoms with Crippen molar-refractivity contribution in [1.29, 1.82) is 5.26 Å². The fraction of sp³-hybridized carbons (Fsp3) is 0.300. The second kappa shape index (κ2) is 4.16. The summed E-state index contributed by atoms with van der Waals surface area (Å²) in [5, 5.41) is 17.6. The zero-order valence-electron chi connectivity index (χ0n) is 7.59. The van der Waals surface area contributed by atoms with E-state index in [2.05, 4.69) is 0 Å². The van der Waals surface area contributed by atoms with Gasteiger partial charge < -0.3 is 5.11 Å². The van der Waals surface area contributed by atoms with E-state index in [1.807, 2.05) is 0 Å². The van der Waals surface area contributed by atoms with E-state index in [1.54, 1.807) is 6.07 Å². The minimum Gasteiger partial charge on any atom is -0.387 e. The molecule has 0 amide bonds. The summed E-state index contributed by atoms with van der Waals surface area (Å²) in [4.78, 5) is 0. The first-order valence-electron chi connectivity index (χ1n) is 4.06. The van der Waals surface area contributed by atoms with Crippen molar-refractivity contribution in [2.45, 2.75) is 19.4 Å². The monoisotopic (exact) mass is 197 g/mol. The number of aliphatic hydroxyl groups excluding tert-OH is 1. The average molecular weight is 197 g/mol. The molecule has 0 radical (unpaired) electrons. The average Bonchev–Trinajstić information content (AvgIpc) is 2.11. The maximum Gasteiger partial charge on any atom is 0.129 e. The van der Waals surface area contributed by atoms with Gasteiger partial charge >= 0.3 is 0 Å². The number of nitriles is 1. The molecule has 1 rings (SSSR count). The van der Waals surface area contributed by atoms with Crippen LogP contribution in [0.5, 0.6) is 0 Å². The van der Waals surface area contributed by atoms with Gasteiger partial charge in [-0.25, -0.2) is 8.78 Å². The van der Waals surface area contributed by atoms with Crippen molar-refractivity contribution < 1.29 is 13.9 Å². The molecule has 74 valence electrons. The van der Waals surface area contributed by atoms with Gasteiger partial charge in [0.25, 0.3) is 0 Å². The summed E-state index contributed by atoms with van der Waals surface area (Å²) < 4.78 is 26.2. The minimum atomic E-state index is -1.27. The lowest BCUT2D eigenvalue weighted by Crippen LogP contribution is -2.01. The van der Waals surface area contributed by atoms with Gasteiger partial charge in [0.2, 0.25) is 0 Å². The van der Waals surface area contributed by atoms with E-state index in [0.29, 0.717) is 0 Å². The molecular weight excluding hydrogens is 188 g/mol. The highest BCUT2D eigenvalue weighted by atomic mass is 19.1. The predicted octanol–water partition coefficient (Wildman–Crippen LogP) is 2.22. The molecule has 0 aliphatic heterocycles. The SMILES string of the molecule is Cc1cc(F)c(C(O)CC#N)cc1F. The molecular formula is C10H9F2NO. The summed E-state index contributed by atoms with van der Waals surface area (Å²) in [6.07, 6.45) is -1.52. The van der Waals surface area contributed by atoms with Crippen LogP contribution in [-0.2, 0) is 0 Å². The van der Waals surface area contributed by atoms with Gasteiger partial charge in [-0.1, -0.05) is 0 Å². The Morgan fingerprint density at radius 1 is 1.43 bits per heavy atom. The quantitative estimate of drug-likeness (QED) is 0.789.